The molecule has 1 aromatic carbocycles. The molecule has 17 heavy (non-hydrogen) atoms. The van der Waals surface area contributed by atoms with Crippen LogP contribution in [-0.2, 0) is 6.54 Å². The summed E-state index contributed by atoms with van der Waals surface area (Å²) in [6.07, 6.45) is 4.94. The van der Waals surface area contributed by atoms with Gasteiger partial charge in [0.05, 0.1) is 0 Å². The van der Waals surface area contributed by atoms with Gasteiger partial charge in [-0.2, -0.15) is 0 Å². The summed E-state index contributed by atoms with van der Waals surface area (Å²) in [4.78, 5) is 2.51. The molecule has 2 nitrogen and oxygen atoms in total. The fraction of sp³-hybridized carbons (Fsp3) is 0.467. The lowest BCUT2D eigenvalue weighted by molar-refractivity contribution is 0.305. The SMILES string of the molecule is Cc1cccc2c1CN(C1CC1)C([C@H](C)N)=C2. The molecule has 0 bridgehead atoms. The van der Waals surface area contributed by atoms with Gasteiger partial charge in [-0.1, -0.05) is 18.2 Å². The molecule has 3 rings (SSSR count). The number of nitrogens with two attached hydrogens (primary N) is 1. The number of fused-ring (bicyclic) bond motifs is 1. The molecule has 1 aromatic rings. The number of nitrogens with zero attached hydrogens (tertiary/aromatic N) is 1. The Balaban J connectivity index is 2.05. The predicted octanol–water partition coefficient (Wildman–Crippen LogP) is 2.66. The molecule has 0 radical (unpaired) electrons. The Hall–Kier alpha value is -1.28. The number of benzene rings is 1. The Morgan fingerprint density at radius 3 is 2.76 bits per heavy atom. The standard InChI is InChI=1S/C15H20N2/c1-10-4-3-5-12-8-15(11(2)16)17(9-14(10)12)13-6-7-13/h3-5,8,11,13H,6-7,9,16H2,1-2H3/t11-/m0/s1. The second kappa shape index (κ2) is 3.88. The lowest BCUT2D eigenvalue weighted by atomic mass is 9.95. The first-order valence-electron chi connectivity index (χ1n) is 6.49. The maximum absolute atomic E-state index is 6.11. The molecule has 1 saturated carbocycles. The van der Waals surface area contributed by atoms with Crippen LogP contribution in [0.15, 0.2) is 23.9 Å². The van der Waals surface area contributed by atoms with Crippen LogP contribution in [0.1, 0.15) is 36.5 Å². The van der Waals surface area contributed by atoms with Crippen molar-refractivity contribution in [3.05, 3.63) is 40.6 Å². The minimum absolute atomic E-state index is 0.129. The third-order valence-electron chi connectivity index (χ3n) is 3.86. The molecule has 0 amide bonds. The number of hydrogen-bond donors (Lipinski definition) is 1. The average Bonchev–Trinajstić information content (AvgIpc) is 3.12. The van der Waals surface area contributed by atoms with Crippen LogP contribution in [0.4, 0.5) is 0 Å². The summed E-state index contributed by atoms with van der Waals surface area (Å²) in [5.41, 5.74) is 11.6. The zero-order valence-electron chi connectivity index (χ0n) is 10.6. The van der Waals surface area contributed by atoms with Gasteiger partial charge in [0.2, 0.25) is 0 Å². The molecule has 1 atom stereocenters. The van der Waals surface area contributed by atoms with Gasteiger partial charge < -0.3 is 10.6 Å². The van der Waals surface area contributed by atoms with Crippen LogP contribution in [0.2, 0.25) is 0 Å². The van der Waals surface area contributed by atoms with Crippen LogP contribution in [0, 0.1) is 6.92 Å². The summed E-state index contributed by atoms with van der Waals surface area (Å²) in [5.74, 6) is 0. The molecule has 0 aromatic heterocycles. The van der Waals surface area contributed by atoms with Crippen molar-refractivity contribution in [2.45, 2.75) is 45.3 Å². The Bertz CT molecular complexity index is 470. The minimum Gasteiger partial charge on any atom is -0.366 e. The van der Waals surface area contributed by atoms with Crippen LogP contribution in [0.5, 0.6) is 0 Å². The minimum atomic E-state index is 0.129. The van der Waals surface area contributed by atoms with Crippen LogP contribution < -0.4 is 5.73 Å². The smallest absolute Gasteiger partial charge is 0.0438 e. The molecule has 1 aliphatic carbocycles. The van der Waals surface area contributed by atoms with E-state index < -0.39 is 0 Å². The summed E-state index contributed by atoms with van der Waals surface area (Å²) < 4.78 is 0. The third-order valence-corrected chi connectivity index (χ3v) is 3.86. The van der Waals surface area contributed by atoms with Crippen molar-refractivity contribution >= 4 is 6.08 Å². The molecular weight excluding hydrogens is 208 g/mol. The van der Waals surface area contributed by atoms with Gasteiger partial charge in [-0.15, -0.1) is 0 Å². The van der Waals surface area contributed by atoms with E-state index in [9.17, 15) is 0 Å². The lowest BCUT2D eigenvalue weighted by Crippen LogP contribution is -2.36. The Labute approximate surface area is 103 Å². The van der Waals surface area contributed by atoms with Gasteiger partial charge in [0.15, 0.2) is 0 Å². The van der Waals surface area contributed by atoms with E-state index in [1.165, 1.54) is 35.2 Å². The Morgan fingerprint density at radius 1 is 1.35 bits per heavy atom. The van der Waals surface area contributed by atoms with Crippen molar-refractivity contribution in [2.24, 2.45) is 5.73 Å². The fourth-order valence-electron chi connectivity index (χ4n) is 2.70. The van der Waals surface area contributed by atoms with Crippen molar-refractivity contribution < 1.29 is 0 Å². The highest BCUT2D eigenvalue weighted by molar-refractivity contribution is 5.61. The second-order valence-corrected chi connectivity index (χ2v) is 5.36. The van der Waals surface area contributed by atoms with E-state index in [2.05, 4.69) is 43.0 Å². The molecule has 1 heterocycles. The van der Waals surface area contributed by atoms with E-state index in [-0.39, 0.29) is 6.04 Å². The maximum atomic E-state index is 6.11. The Morgan fingerprint density at radius 2 is 2.12 bits per heavy atom. The van der Waals surface area contributed by atoms with Crippen LogP contribution in [-0.4, -0.2) is 17.0 Å². The largest absolute Gasteiger partial charge is 0.366 e. The number of rotatable bonds is 2. The van der Waals surface area contributed by atoms with Gasteiger partial charge in [0.25, 0.3) is 0 Å². The molecule has 0 spiro atoms. The fourth-order valence-corrected chi connectivity index (χ4v) is 2.70. The van der Waals surface area contributed by atoms with Gasteiger partial charge >= 0.3 is 0 Å². The highest BCUT2D eigenvalue weighted by Gasteiger charge is 2.33. The van der Waals surface area contributed by atoms with Crippen molar-refractivity contribution in [2.75, 3.05) is 0 Å². The number of aryl methyl sites for hydroxylation is 1. The van der Waals surface area contributed by atoms with Gasteiger partial charge in [-0.25, -0.2) is 0 Å². The van der Waals surface area contributed by atoms with E-state index in [4.69, 9.17) is 5.73 Å². The third kappa shape index (κ3) is 1.87. The normalized spacial score (nSPS) is 20.9. The quantitative estimate of drug-likeness (QED) is 0.843. The highest BCUT2D eigenvalue weighted by Crippen LogP contribution is 2.37. The topological polar surface area (TPSA) is 29.3 Å². The first-order chi connectivity index (χ1) is 8.16. The van der Waals surface area contributed by atoms with E-state index in [0.717, 1.165) is 12.6 Å². The van der Waals surface area contributed by atoms with E-state index >= 15 is 0 Å². The highest BCUT2D eigenvalue weighted by atomic mass is 15.2. The molecule has 0 saturated heterocycles. The average molecular weight is 228 g/mol. The molecule has 1 aliphatic heterocycles. The maximum Gasteiger partial charge on any atom is 0.0438 e. The van der Waals surface area contributed by atoms with E-state index in [1.807, 2.05) is 0 Å². The zero-order chi connectivity index (χ0) is 12.0. The van der Waals surface area contributed by atoms with Gasteiger partial charge in [0.1, 0.15) is 0 Å². The van der Waals surface area contributed by atoms with Crippen LogP contribution >= 0.6 is 0 Å². The van der Waals surface area contributed by atoms with Gasteiger partial charge in [-0.3, -0.25) is 0 Å². The monoisotopic (exact) mass is 228 g/mol. The second-order valence-electron chi connectivity index (χ2n) is 5.36. The van der Waals surface area contributed by atoms with Crippen molar-refractivity contribution in [3.63, 3.8) is 0 Å². The molecule has 2 aliphatic rings. The molecule has 2 N–H and O–H groups in total. The van der Waals surface area contributed by atoms with Gasteiger partial charge in [-0.05, 0) is 49.5 Å². The molecule has 1 fully saturated rings. The lowest BCUT2D eigenvalue weighted by Gasteiger charge is -2.34. The summed E-state index contributed by atoms with van der Waals surface area (Å²) >= 11 is 0. The van der Waals surface area contributed by atoms with Crippen molar-refractivity contribution in [1.82, 2.24) is 4.90 Å². The van der Waals surface area contributed by atoms with E-state index in [0.29, 0.717) is 0 Å². The summed E-state index contributed by atoms with van der Waals surface area (Å²) in [6.45, 7) is 5.33. The zero-order valence-corrected chi connectivity index (χ0v) is 10.6. The molecule has 2 heteroatoms. The molecular formula is C15H20N2. The number of hydrogen-bond acceptors (Lipinski definition) is 2. The van der Waals surface area contributed by atoms with Crippen molar-refractivity contribution in [3.8, 4) is 0 Å². The molecule has 90 valence electrons. The predicted molar refractivity (Wildman–Crippen MR) is 71.4 cm³/mol. The molecule has 0 unspecified atom stereocenters. The van der Waals surface area contributed by atoms with Crippen LogP contribution in [0.3, 0.4) is 0 Å². The Kier molecular flexibility index (Phi) is 2.48. The van der Waals surface area contributed by atoms with Crippen molar-refractivity contribution in [1.29, 1.82) is 0 Å². The first-order valence-corrected chi connectivity index (χ1v) is 6.49. The summed E-state index contributed by atoms with van der Waals surface area (Å²) in [7, 11) is 0. The first kappa shape index (κ1) is 10.8. The van der Waals surface area contributed by atoms with E-state index in [1.54, 1.807) is 0 Å². The van der Waals surface area contributed by atoms with Gasteiger partial charge in [0, 0.05) is 24.3 Å². The summed E-state index contributed by atoms with van der Waals surface area (Å²) in [6, 6.07) is 7.41. The summed E-state index contributed by atoms with van der Waals surface area (Å²) in [5, 5.41) is 0. The van der Waals surface area contributed by atoms with Crippen LogP contribution in [0.25, 0.3) is 6.08 Å².